The average Bonchev–Trinajstić information content (AvgIpc) is 2.01. The SMILES string of the molecule is Cc1cc([C@@H](N)CN)cc(Cl)n1. The van der Waals surface area contributed by atoms with Gasteiger partial charge in [0.1, 0.15) is 5.15 Å². The van der Waals surface area contributed by atoms with E-state index >= 15 is 0 Å². The standard InChI is InChI=1S/C8H12ClN3/c1-5-2-6(7(11)4-10)3-8(9)12-5/h2-3,7H,4,10-11H2,1H3/t7-/m0/s1. The van der Waals surface area contributed by atoms with E-state index < -0.39 is 0 Å². The maximum Gasteiger partial charge on any atom is 0.129 e. The number of aryl methyl sites for hydroxylation is 1. The molecule has 0 bridgehead atoms. The molecule has 12 heavy (non-hydrogen) atoms. The highest BCUT2D eigenvalue weighted by atomic mass is 35.5. The first kappa shape index (κ1) is 9.45. The first-order chi connectivity index (χ1) is 5.63. The number of pyridine rings is 1. The Morgan fingerprint density at radius 1 is 1.58 bits per heavy atom. The van der Waals surface area contributed by atoms with E-state index in [1.807, 2.05) is 13.0 Å². The molecular formula is C8H12ClN3. The van der Waals surface area contributed by atoms with Crippen LogP contribution in [0.15, 0.2) is 12.1 Å². The van der Waals surface area contributed by atoms with Crippen molar-refractivity contribution in [1.29, 1.82) is 0 Å². The van der Waals surface area contributed by atoms with Gasteiger partial charge in [0.15, 0.2) is 0 Å². The number of nitrogens with zero attached hydrogens (tertiary/aromatic N) is 1. The number of rotatable bonds is 2. The Labute approximate surface area is 76.7 Å². The minimum absolute atomic E-state index is 0.149. The Morgan fingerprint density at radius 2 is 2.25 bits per heavy atom. The van der Waals surface area contributed by atoms with Crippen LogP contribution < -0.4 is 11.5 Å². The number of hydrogen-bond acceptors (Lipinski definition) is 3. The highest BCUT2D eigenvalue weighted by molar-refractivity contribution is 6.29. The van der Waals surface area contributed by atoms with Crippen LogP contribution >= 0.6 is 11.6 Å². The van der Waals surface area contributed by atoms with Crippen LogP contribution in [-0.2, 0) is 0 Å². The molecule has 0 saturated carbocycles. The maximum atomic E-state index is 5.74. The zero-order chi connectivity index (χ0) is 9.14. The number of hydrogen-bond donors (Lipinski definition) is 2. The van der Waals surface area contributed by atoms with Crippen molar-refractivity contribution < 1.29 is 0 Å². The summed E-state index contributed by atoms with van der Waals surface area (Å²) in [4.78, 5) is 4.02. The van der Waals surface area contributed by atoms with Crippen molar-refractivity contribution in [3.63, 3.8) is 0 Å². The minimum atomic E-state index is -0.149. The van der Waals surface area contributed by atoms with Gasteiger partial charge in [0.25, 0.3) is 0 Å². The second-order valence-corrected chi connectivity index (χ2v) is 3.09. The summed E-state index contributed by atoms with van der Waals surface area (Å²) < 4.78 is 0. The van der Waals surface area contributed by atoms with E-state index in [4.69, 9.17) is 23.1 Å². The molecule has 0 fully saturated rings. The van der Waals surface area contributed by atoms with E-state index in [1.54, 1.807) is 6.07 Å². The topological polar surface area (TPSA) is 64.9 Å². The van der Waals surface area contributed by atoms with E-state index in [9.17, 15) is 0 Å². The van der Waals surface area contributed by atoms with Gasteiger partial charge in [-0.05, 0) is 24.6 Å². The molecular weight excluding hydrogens is 174 g/mol. The molecule has 1 heterocycles. The summed E-state index contributed by atoms with van der Waals surface area (Å²) in [6, 6.07) is 3.49. The van der Waals surface area contributed by atoms with E-state index in [1.165, 1.54) is 0 Å². The van der Waals surface area contributed by atoms with Gasteiger partial charge >= 0.3 is 0 Å². The molecule has 0 spiro atoms. The summed E-state index contributed by atoms with van der Waals surface area (Å²) in [6.45, 7) is 2.29. The van der Waals surface area contributed by atoms with Crippen molar-refractivity contribution in [2.45, 2.75) is 13.0 Å². The van der Waals surface area contributed by atoms with Crippen LogP contribution in [0, 0.1) is 6.92 Å². The molecule has 3 nitrogen and oxygen atoms in total. The zero-order valence-electron chi connectivity index (χ0n) is 6.92. The van der Waals surface area contributed by atoms with Crippen LogP contribution in [0.5, 0.6) is 0 Å². The van der Waals surface area contributed by atoms with Gasteiger partial charge < -0.3 is 11.5 Å². The van der Waals surface area contributed by atoms with Gasteiger partial charge in [0.05, 0.1) is 0 Å². The smallest absolute Gasteiger partial charge is 0.129 e. The molecule has 0 aliphatic carbocycles. The fraction of sp³-hybridized carbons (Fsp3) is 0.375. The van der Waals surface area contributed by atoms with Gasteiger partial charge in [-0.3, -0.25) is 0 Å². The lowest BCUT2D eigenvalue weighted by molar-refractivity contribution is 0.734. The predicted octanol–water partition coefficient (Wildman–Crippen LogP) is 1.00. The molecule has 66 valence electrons. The molecule has 4 N–H and O–H groups in total. The third kappa shape index (κ3) is 2.17. The van der Waals surface area contributed by atoms with E-state index in [0.29, 0.717) is 11.7 Å². The second kappa shape index (κ2) is 3.85. The molecule has 4 heteroatoms. The molecule has 1 atom stereocenters. The largest absolute Gasteiger partial charge is 0.329 e. The number of nitrogens with two attached hydrogens (primary N) is 2. The molecule has 0 aliphatic rings. The van der Waals surface area contributed by atoms with Gasteiger partial charge in [0.2, 0.25) is 0 Å². The van der Waals surface area contributed by atoms with Crippen LogP contribution in [0.1, 0.15) is 17.3 Å². The highest BCUT2D eigenvalue weighted by Gasteiger charge is 2.05. The lowest BCUT2D eigenvalue weighted by Crippen LogP contribution is -2.20. The lowest BCUT2D eigenvalue weighted by atomic mass is 10.1. The molecule has 0 radical (unpaired) electrons. The second-order valence-electron chi connectivity index (χ2n) is 2.71. The van der Waals surface area contributed by atoms with Crippen molar-refractivity contribution in [3.05, 3.63) is 28.5 Å². The van der Waals surface area contributed by atoms with Crippen LogP contribution in [0.3, 0.4) is 0 Å². The highest BCUT2D eigenvalue weighted by Crippen LogP contribution is 2.14. The van der Waals surface area contributed by atoms with Crippen molar-refractivity contribution >= 4 is 11.6 Å². The van der Waals surface area contributed by atoms with Crippen LogP contribution in [0.4, 0.5) is 0 Å². The van der Waals surface area contributed by atoms with Crippen molar-refractivity contribution in [2.24, 2.45) is 11.5 Å². The number of halogens is 1. The van der Waals surface area contributed by atoms with Crippen molar-refractivity contribution in [3.8, 4) is 0 Å². The Morgan fingerprint density at radius 3 is 2.75 bits per heavy atom. The minimum Gasteiger partial charge on any atom is -0.329 e. The zero-order valence-corrected chi connectivity index (χ0v) is 7.67. The summed E-state index contributed by atoms with van der Waals surface area (Å²) in [6.07, 6.45) is 0. The van der Waals surface area contributed by atoms with Crippen molar-refractivity contribution in [2.75, 3.05) is 6.54 Å². The summed E-state index contributed by atoms with van der Waals surface area (Å²) in [5.41, 5.74) is 12.9. The third-order valence-electron chi connectivity index (χ3n) is 1.63. The van der Waals surface area contributed by atoms with Gasteiger partial charge in [-0.25, -0.2) is 4.98 Å². The molecule has 0 aromatic carbocycles. The Balaban J connectivity index is 3.00. The average molecular weight is 186 g/mol. The van der Waals surface area contributed by atoms with Crippen LogP contribution in [-0.4, -0.2) is 11.5 Å². The molecule has 0 unspecified atom stereocenters. The van der Waals surface area contributed by atoms with Crippen molar-refractivity contribution in [1.82, 2.24) is 4.98 Å². The van der Waals surface area contributed by atoms with Gasteiger partial charge in [-0.1, -0.05) is 11.6 Å². The monoisotopic (exact) mass is 185 g/mol. The van der Waals surface area contributed by atoms with Gasteiger partial charge in [0, 0.05) is 18.3 Å². The van der Waals surface area contributed by atoms with Gasteiger partial charge in [-0.15, -0.1) is 0 Å². The molecule has 0 aliphatic heterocycles. The summed E-state index contributed by atoms with van der Waals surface area (Å²) in [5.74, 6) is 0. The molecule has 1 aromatic rings. The van der Waals surface area contributed by atoms with Crippen LogP contribution in [0.25, 0.3) is 0 Å². The Bertz CT molecular complexity index is 255. The lowest BCUT2D eigenvalue weighted by Gasteiger charge is -2.09. The number of aromatic nitrogens is 1. The summed E-state index contributed by atoms with van der Waals surface area (Å²) in [7, 11) is 0. The fourth-order valence-electron chi connectivity index (χ4n) is 1.00. The van der Waals surface area contributed by atoms with E-state index in [0.717, 1.165) is 11.3 Å². The third-order valence-corrected chi connectivity index (χ3v) is 1.82. The first-order valence-corrected chi connectivity index (χ1v) is 4.11. The van der Waals surface area contributed by atoms with Crippen LogP contribution in [0.2, 0.25) is 5.15 Å². The van der Waals surface area contributed by atoms with Gasteiger partial charge in [-0.2, -0.15) is 0 Å². The summed E-state index contributed by atoms with van der Waals surface area (Å²) in [5, 5.41) is 0.467. The predicted molar refractivity (Wildman–Crippen MR) is 50.0 cm³/mol. The molecule has 1 rings (SSSR count). The van der Waals surface area contributed by atoms with E-state index in [-0.39, 0.29) is 6.04 Å². The first-order valence-electron chi connectivity index (χ1n) is 3.73. The maximum absolute atomic E-state index is 5.74. The molecule has 1 aromatic heterocycles. The quantitative estimate of drug-likeness (QED) is 0.676. The Hall–Kier alpha value is -0.640. The molecule has 0 amide bonds. The fourth-order valence-corrected chi connectivity index (χ4v) is 1.26. The van der Waals surface area contributed by atoms with E-state index in [2.05, 4.69) is 4.98 Å². The molecule has 0 saturated heterocycles. The Kier molecular flexibility index (Phi) is 3.03. The summed E-state index contributed by atoms with van der Waals surface area (Å²) >= 11 is 5.74. The normalized spacial score (nSPS) is 13.0.